The summed E-state index contributed by atoms with van der Waals surface area (Å²) in [6, 6.07) is 6.97. The molecule has 0 fully saturated rings. The Kier molecular flexibility index (Phi) is 2.26. The van der Waals surface area contributed by atoms with E-state index in [4.69, 9.17) is 10.2 Å². The molecule has 5 heteroatoms. The first-order chi connectivity index (χ1) is 8.59. The van der Waals surface area contributed by atoms with Crippen molar-refractivity contribution in [3.63, 3.8) is 0 Å². The summed E-state index contributed by atoms with van der Waals surface area (Å²) in [6.07, 6.45) is 1.73. The second-order valence-electron chi connectivity index (χ2n) is 4.27. The van der Waals surface area contributed by atoms with Crippen LogP contribution in [0.25, 0.3) is 0 Å². The van der Waals surface area contributed by atoms with E-state index >= 15 is 0 Å². The number of carbonyl (C=O) groups is 1. The summed E-state index contributed by atoms with van der Waals surface area (Å²) in [4.78, 5) is 12.3. The van der Waals surface area contributed by atoms with Crippen LogP contribution in [0, 0.1) is 0 Å². The Morgan fingerprint density at radius 2 is 2.06 bits per heavy atom. The molecule has 2 aromatic rings. The van der Waals surface area contributed by atoms with E-state index in [0.29, 0.717) is 28.0 Å². The van der Waals surface area contributed by atoms with Gasteiger partial charge in [0, 0.05) is 17.0 Å². The van der Waals surface area contributed by atoms with Gasteiger partial charge in [0.25, 0.3) is 0 Å². The first-order valence-corrected chi connectivity index (χ1v) is 7.59. The number of benzene rings is 1. The predicted octanol–water partition coefficient (Wildman–Crippen LogP) is 1.74. The SMILES string of the molecule is CCP1(=O)c2ccccc2C(=O)c2occ(N)c21. The molecule has 0 bridgehead atoms. The topological polar surface area (TPSA) is 73.3 Å². The fourth-order valence-corrected chi connectivity index (χ4v) is 5.19. The Hall–Kier alpha value is -1.80. The van der Waals surface area contributed by atoms with Gasteiger partial charge < -0.3 is 14.7 Å². The highest BCUT2D eigenvalue weighted by atomic mass is 31.2. The van der Waals surface area contributed by atoms with Gasteiger partial charge in [-0.2, -0.15) is 0 Å². The van der Waals surface area contributed by atoms with E-state index in [2.05, 4.69) is 0 Å². The smallest absolute Gasteiger partial charge is 0.229 e. The van der Waals surface area contributed by atoms with E-state index in [1.165, 1.54) is 6.26 Å². The average Bonchev–Trinajstić information content (AvgIpc) is 2.79. The first-order valence-electron chi connectivity index (χ1n) is 5.70. The third kappa shape index (κ3) is 1.21. The van der Waals surface area contributed by atoms with Crippen LogP contribution in [0.1, 0.15) is 23.0 Å². The van der Waals surface area contributed by atoms with Gasteiger partial charge in [0.1, 0.15) is 13.4 Å². The number of nitrogen functional groups attached to an aromatic ring is 1. The van der Waals surface area contributed by atoms with Crippen molar-refractivity contribution in [3.8, 4) is 0 Å². The molecule has 3 rings (SSSR count). The quantitative estimate of drug-likeness (QED) is 0.793. The second-order valence-corrected chi connectivity index (χ2v) is 7.31. The van der Waals surface area contributed by atoms with Gasteiger partial charge in [0.2, 0.25) is 5.78 Å². The van der Waals surface area contributed by atoms with Gasteiger partial charge in [-0.3, -0.25) is 4.79 Å². The van der Waals surface area contributed by atoms with E-state index in [-0.39, 0.29) is 11.5 Å². The standard InChI is InChI=1S/C13H12NO3P/c1-2-18(16)10-6-4-3-5-8(10)11(15)12-13(18)9(14)7-17-12/h3-7H,2,14H2,1H3. The fourth-order valence-electron chi connectivity index (χ4n) is 2.45. The molecule has 1 aromatic heterocycles. The van der Waals surface area contributed by atoms with Crippen LogP contribution in [0.15, 0.2) is 34.9 Å². The van der Waals surface area contributed by atoms with Crippen molar-refractivity contribution in [2.24, 2.45) is 0 Å². The number of ketones is 1. The minimum Gasteiger partial charge on any atom is -0.458 e. The van der Waals surface area contributed by atoms with Crippen LogP contribution in [-0.2, 0) is 4.57 Å². The molecule has 1 unspecified atom stereocenters. The number of furan rings is 1. The Balaban J connectivity index is 2.44. The molecule has 0 aliphatic carbocycles. The molecule has 0 saturated carbocycles. The van der Waals surface area contributed by atoms with Crippen molar-refractivity contribution in [3.05, 3.63) is 41.9 Å². The molecule has 1 aliphatic heterocycles. The number of anilines is 1. The van der Waals surface area contributed by atoms with Crippen LogP contribution in [0.2, 0.25) is 0 Å². The number of fused-ring (bicyclic) bond motifs is 2. The molecule has 0 amide bonds. The third-order valence-corrected chi connectivity index (χ3v) is 6.59. The number of rotatable bonds is 1. The van der Waals surface area contributed by atoms with Gasteiger partial charge in [0.05, 0.1) is 11.0 Å². The molecule has 4 nitrogen and oxygen atoms in total. The van der Waals surface area contributed by atoms with Gasteiger partial charge in [0.15, 0.2) is 5.76 Å². The molecule has 0 saturated heterocycles. The van der Waals surface area contributed by atoms with Crippen molar-refractivity contribution >= 4 is 29.2 Å². The molecule has 1 aliphatic rings. The molecule has 0 spiro atoms. The van der Waals surface area contributed by atoms with E-state index in [1.807, 2.05) is 6.92 Å². The van der Waals surface area contributed by atoms with Crippen LogP contribution in [0.5, 0.6) is 0 Å². The van der Waals surface area contributed by atoms with Crippen LogP contribution >= 0.6 is 7.14 Å². The number of nitrogens with two attached hydrogens (primary N) is 1. The van der Waals surface area contributed by atoms with Crippen LogP contribution in [0.4, 0.5) is 5.69 Å². The molecule has 0 radical (unpaired) electrons. The Labute approximate surface area is 104 Å². The molecule has 1 atom stereocenters. The van der Waals surface area contributed by atoms with Crippen LogP contribution in [0.3, 0.4) is 0 Å². The average molecular weight is 261 g/mol. The fraction of sp³-hybridized carbons (Fsp3) is 0.154. The number of carbonyl (C=O) groups excluding carboxylic acids is 1. The minimum absolute atomic E-state index is 0.136. The van der Waals surface area contributed by atoms with E-state index in [0.717, 1.165) is 0 Å². The summed E-state index contributed by atoms with van der Waals surface area (Å²) in [6.45, 7) is 1.84. The van der Waals surface area contributed by atoms with Crippen molar-refractivity contribution < 1.29 is 13.8 Å². The first kappa shape index (κ1) is 11.3. The summed E-state index contributed by atoms with van der Waals surface area (Å²) in [5.41, 5.74) is 6.58. The van der Waals surface area contributed by atoms with Crippen LogP contribution in [-0.4, -0.2) is 11.9 Å². The van der Waals surface area contributed by atoms with Crippen molar-refractivity contribution in [2.75, 3.05) is 11.9 Å². The minimum atomic E-state index is -2.84. The third-order valence-electron chi connectivity index (χ3n) is 3.34. The molecule has 2 heterocycles. The number of hydrogen-bond acceptors (Lipinski definition) is 4. The summed E-state index contributed by atoms with van der Waals surface area (Å²) < 4.78 is 18.4. The molecule has 92 valence electrons. The van der Waals surface area contributed by atoms with Gasteiger partial charge in [-0.1, -0.05) is 31.2 Å². The summed E-state index contributed by atoms with van der Waals surface area (Å²) in [7, 11) is -2.84. The van der Waals surface area contributed by atoms with Gasteiger partial charge in [-0.15, -0.1) is 0 Å². The van der Waals surface area contributed by atoms with Gasteiger partial charge >= 0.3 is 0 Å². The highest BCUT2D eigenvalue weighted by Gasteiger charge is 2.42. The zero-order chi connectivity index (χ0) is 12.9. The zero-order valence-electron chi connectivity index (χ0n) is 9.84. The largest absolute Gasteiger partial charge is 0.458 e. The van der Waals surface area contributed by atoms with Crippen LogP contribution < -0.4 is 16.3 Å². The maximum Gasteiger partial charge on any atom is 0.229 e. The highest BCUT2D eigenvalue weighted by Crippen LogP contribution is 2.49. The summed E-state index contributed by atoms with van der Waals surface area (Å²) in [5.74, 6) is -0.103. The summed E-state index contributed by atoms with van der Waals surface area (Å²) >= 11 is 0. The maximum atomic E-state index is 13.2. The lowest BCUT2D eigenvalue weighted by atomic mass is 10.1. The lowest BCUT2D eigenvalue weighted by molar-refractivity contribution is 0.101. The highest BCUT2D eigenvalue weighted by molar-refractivity contribution is 7.79. The van der Waals surface area contributed by atoms with Crippen molar-refractivity contribution in [1.82, 2.24) is 0 Å². The Morgan fingerprint density at radius 1 is 1.33 bits per heavy atom. The van der Waals surface area contributed by atoms with E-state index in [9.17, 15) is 9.36 Å². The predicted molar refractivity (Wildman–Crippen MR) is 70.4 cm³/mol. The second kappa shape index (κ2) is 3.59. The van der Waals surface area contributed by atoms with Crippen molar-refractivity contribution in [1.29, 1.82) is 0 Å². The monoisotopic (exact) mass is 261 g/mol. The molecule has 18 heavy (non-hydrogen) atoms. The normalized spacial score (nSPS) is 21.5. The van der Waals surface area contributed by atoms with Gasteiger partial charge in [-0.05, 0) is 0 Å². The molecular formula is C13H12NO3P. The lowest BCUT2D eigenvalue weighted by Gasteiger charge is -2.24. The van der Waals surface area contributed by atoms with E-state index < -0.39 is 7.14 Å². The lowest BCUT2D eigenvalue weighted by Crippen LogP contribution is -2.33. The number of hydrogen-bond donors (Lipinski definition) is 1. The van der Waals surface area contributed by atoms with Crippen molar-refractivity contribution in [2.45, 2.75) is 6.92 Å². The summed E-state index contributed by atoms with van der Waals surface area (Å²) in [5, 5.41) is 0.992. The maximum absolute atomic E-state index is 13.2. The van der Waals surface area contributed by atoms with Gasteiger partial charge in [-0.25, -0.2) is 0 Å². The molecular weight excluding hydrogens is 249 g/mol. The molecule has 2 N–H and O–H groups in total. The Bertz CT molecular complexity index is 702. The Morgan fingerprint density at radius 3 is 2.78 bits per heavy atom. The zero-order valence-corrected chi connectivity index (χ0v) is 10.7. The van der Waals surface area contributed by atoms with E-state index in [1.54, 1.807) is 24.3 Å². The molecule has 1 aromatic carbocycles.